The van der Waals surface area contributed by atoms with Crippen molar-refractivity contribution in [3.63, 3.8) is 0 Å². The molecule has 0 aliphatic heterocycles. The van der Waals surface area contributed by atoms with E-state index in [1.807, 2.05) is 0 Å². The van der Waals surface area contributed by atoms with Crippen LogP contribution in [0.1, 0.15) is 98.3 Å². The second kappa shape index (κ2) is 16.5. The Kier molecular flexibility index (Phi) is 16.6. The van der Waals surface area contributed by atoms with E-state index < -0.39 is 8.80 Å². The molecule has 0 aromatic heterocycles. The van der Waals surface area contributed by atoms with Gasteiger partial charge in [0.15, 0.2) is 0 Å². The highest BCUT2D eigenvalue weighted by Gasteiger charge is 2.47. The summed E-state index contributed by atoms with van der Waals surface area (Å²) in [6, 6.07) is 0. The molecular weight excluding hydrogens is 318 g/mol. The highest BCUT2D eigenvalue weighted by Crippen LogP contribution is 2.20. The lowest BCUT2D eigenvalue weighted by atomic mass is 10.3. The predicted molar refractivity (Wildman–Crippen MR) is 105 cm³/mol. The molecule has 0 aliphatic carbocycles. The van der Waals surface area contributed by atoms with Crippen LogP contribution in [0.5, 0.6) is 0 Å². The number of unbranched alkanes of at least 4 members (excludes halogenated alkanes) is 6. The van der Waals surface area contributed by atoms with Crippen LogP contribution in [0, 0.1) is 0 Å². The Balaban J connectivity index is 4.78. The van der Waals surface area contributed by atoms with Crippen molar-refractivity contribution in [2.75, 3.05) is 19.8 Å². The molecule has 0 radical (unpaired) electrons. The van der Waals surface area contributed by atoms with Crippen molar-refractivity contribution in [1.82, 2.24) is 0 Å². The summed E-state index contributed by atoms with van der Waals surface area (Å²) in [5.74, 6) is 0. The first kappa shape index (κ1) is 24.1. The molecule has 2 N–H and O–H groups in total. The van der Waals surface area contributed by atoms with Gasteiger partial charge < -0.3 is 19.0 Å². The normalized spacial score (nSPS) is 13.4. The Bertz CT molecular complexity index is 236. The van der Waals surface area contributed by atoms with Crippen LogP contribution >= 0.6 is 0 Å². The quantitative estimate of drug-likeness (QED) is 0.269. The maximum atomic E-state index is 6.49. The average molecular weight is 362 g/mol. The second-order valence-corrected chi connectivity index (χ2v) is 9.48. The summed E-state index contributed by atoms with van der Waals surface area (Å²) in [6.45, 7) is 10.9. The SMILES string of the molecule is CCCCCO[Si](OCCCCC)(OCCCCC)C(N)CCC. The minimum absolute atomic E-state index is 0.104. The first-order valence-corrected chi connectivity index (χ1v) is 12.1. The van der Waals surface area contributed by atoms with Gasteiger partial charge in [-0.1, -0.05) is 72.6 Å². The molecule has 1 atom stereocenters. The molecule has 0 aromatic rings. The van der Waals surface area contributed by atoms with E-state index >= 15 is 0 Å². The third-order valence-electron chi connectivity index (χ3n) is 4.21. The van der Waals surface area contributed by atoms with E-state index in [1.54, 1.807) is 0 Å². The highest BCUT2D eigenvalue weighted by atomic mass is 28.4. The predicted octanol–water partition coefficient (Wildman–Crippen LogP) is 5.21. The van der Waals surface area contributed by atoms with E-state index in [0.717, 1.165) is 32.1 Å². The van der Waals surface area contributed by atoms with Crippen molar-refractivity contribution in [3.8, 4) is 0 Å². The largest absolute Gasteiger partial charge is 0.518 e. The van der Waals surface area contributed by atoms with Crippen LogP contribution in [0.2, 0.25) is 0 Å². The monoisotopic (exact) mass is 361 g/mol. The van der Waals surface area contributed by atoms with E-state index in [4.69, 9.17) is 19.0 Å². The third-order valence-corrected chi connectivity index (χ3v) is 7.22. The van der Waals surface area contributed by atoms with Gasteiger partial charge in [0.05, 0.1) is 5.67 Å². The molecule has 1 unspecified atom stereocenters. The van der Waals surface area contributed by atoms with E-state index in [0.29, 0.717) is 19.8 Å². The number of hydrogen-bond acceptors (Lipinski definition) is 4. The molecule has 5 heteroatoms. The van der Waals surface area contributed by atoms with Crippen LogP contribution < -0.4 is 5.73 Å². The second-order valence-electron chi connectivity index (χ2n) is 6.67. The lowest BCUT2D eigenvalue weighted by Gasteiger charge is -2.34. The number of rotatable bonds is 18. The fourth-order valence-corrected chi connectivity index (χ4v) is 5.45. The van der Waals surface area contributed by atoms with E-state index in [9.17, 15) is 0 Å². The molecule has 0 heterocycles. The van der Waals surface area contributed by atoms with Crippen LogP contribution in [0.25, 0.3) is 0 Å². The Labute approximate surface area is 152 Å². The zero-order valence-corrected chi connectivity index (χ0v) is 17.8. The van der Waals surface area contributed by atoms with E-state index in [-0.39, 0.29) is 5.67 Å². The van der Waals surface area contributed by atoms with Gasteiger partial charge in [-0.15, -0.1) is 0 Å². The molecule has 0 fully saturated rings. The number of nitrogens with two attached hydrogens (primary N) is 1. The molecule has 146 valence electrons. The van der Waals surface area contributed by atoms with Crippen LogP contribution in [-0.4, -0.2) is 34.3 Å². The number of hydrogen-bond donors (Lipinski definition) is 1. The summed E-state index contributed by atoms with van der Waals surface area (Å²) in [7, 11) is -2.79. The molecule has 0 rings (SSSR count). The summed E-state index contributed by atoms with van der Waals surface area (Å²) in [5, 5.41) is 0. The van der Waals surface area contributed by atoms with Gasteiger partial charge in [0, 0.05) is 19.8 Å². The third kappa shape index (κ3) is 10.8. The van der Waals surface area contributed by atoms with Crippen molar-refractivity contribution in [2.45, 2.75) is 104 Å². The standard InChI is InChI=1S/C19H43NO3Si/c1-5-9-12-16-21-24(19(20)15-8-4,22-17-13-10-6-2)23-18-14-11-7-3/h19H,5-18,20H2,1-4H3. The average Bonchev–Trinajstić information content (AvgIpc) is 2.59. The zero-order chi connectivity index (χ0) is 18.1. The minimum atomic E-state index is -2.79. The fourth-order valence-electron chi connectivity index (χ4n) is 2.63. The van der Waals surface area contributed by atoms with E-state index in [1.165, 1.54) is 38.5 Å². The molecule has 0 amide bonds. The Hall–Kier alpha value is 0.0569. The highest BCUT2D eigenvalue weighted by molar-refractivity contribution is 6.62. The smallest absolute Gasteiger partial charge is 0.373 e. The van der Waals surface area contributed by atoms with Crippen LogP contribution in [0.3, 0.4) is 0 Å². The lowest BCUT2D eigenvalue weighted by Crippen LogP contribution is -2.60. The Morgan fingerprint density at radius 3 is 1.29 bits per heavy atom. The van der Waals surface area contributed by atoms with E-state index in [2.05, 4.69) is 27.7 Å². The lowest BCUT2D eigenvalue weighted by molar-refractivity contribution is 0.0461. The van der Waals surface area contributed by atoms with Crippen LogP contribution in [0.4, 0.5) is 0 Å². The molecule has 0 saturated carbocycles. The van der Waals surface area contributed by atoms with Crippen molar-refractivity contribution < 1.29 is 13.3 Å². The zero-order valence-electron chi connectivity index (χ0n) is 16.8. The van der Waals surface area contributed by atoms with Gasteiger partial charge in [0.25, 0.3) is 0 Å². The fraction of sp³-hybridized carbons (Fsp3) is 1.00. The van der Waals surface area contributed by atoms with Gasteiger partial charge in [-0.25, -0.2) is 0 Å². The van der Waals surface area contributed by atoms with Gasteiger partial charge in [-0.2, -0.15) is 0 Å². The maximum Gasteiger partial charge on any atom is 0.518 e. The minimum Gasteiger partial charge on any atom is -0.373 e. The van der Waals surface area contributed by atoms with Gasteiger partial charge >= 0.3 is 8.80 Å². The summed E-state index contributed by atoms with van der Waals surface area (Å²) in [4.78, 5) is 0. The molecule has 4 nitrogen and oxygen atoms in total. The first-order chi connectivity index (χ1) is 11.7. The summed E-state index contributed by atoms with van der Waals surface area (Å²) < 4.78 is 18.8. The Morgan fingerprint density at radius 1 is 0.625 bits per heavy atom. The molecule has 0 aromatic carbocycles. The summed E-state index contributed by atoms with van der Waals surface area (Å²) in [5.41, 5.74) is 6.39. The maximum absolute atomic E-state index is 6.49. The van der Waals surface area contributed by atoms with Crippen LogP contribution in [-0.2, 0) is 13.3 Å². The molecule has 0 saturated heterocycles. The molecular formula is C19H43NO3Si. The molecule has 0 bridgehead atoms. The van der Waals surface area contributed by atoms with Crippen molar-refractivity contribution >= 4 is 8.80 Å². The first-order valence-electron chi connectivity index (χ1n) is 10.3. The van der Waals surface area contributed by atoms with Gasteiger partial charge in [0.1, 0.15) is 0 Å². The topological polar surface area (TPSA) is 53.7 Å². The van der Waals surface area contributed by atoms with Crippen molar-refractivity contribution in [1.29, 1.82) is 0 Å². The Morgan fingerprint density at radius 2 is 1.00 bits per heavy atom. The van der Waals surface area contributed by atoms with Gasteiger partial charge in [0.2, 0.25) is 0 Å². The van der Waals surface area contributed by atoms with Crippen LogP contribution in [0.15, 0.2) is 0 Å². The van der Waals surface area contributed by atoms with Crippen molar-refractivity contribution in [3.05, 3.63) is 0 Å². The van der Waals surface area contributed by atoms with Gasteiger partial charge in [-0.3, -0.25) is 0 Å². The molecule has 0 spiro atoms. The molecule has 24 heavy (non-hydrogen) atoms. The summed E-state index contributed by atoms with van der Waals surface area (Å²) in [6.07, 6.45) is 12.2. The van der Waals surface area contributed by atoms with Crippen molar-refractivity contribution in [2.24, 2.45) is 5.73 Å². The summed E-state index contributed by atoms with van der Waals surface area (Å²) >= 11 is 0. The molecule has 0 aliphatic rings. The van der Waals surface area contributed by atoms with Gasteiger partial charge in [-0.05, 0) is 25.7 Å².